The number of hydrogen-bond acceptors (Lipinski definition) is 2. The van der Waals surface area contributed by atoms with Crippen LogP contribution < -0.4 is 5.32 Å². The SMILES string of the molecule is O=C1C[C@H](c2c(F)cc(Br)cc2F)CN1.O=CO. The van der Waals surface area contributed by atoms with E-state index in [1.807, 2.05) is 0 Å². The van der Waals surface area contributed by atoms with E-state index in [4.69, 9.17) is 9.90 Å². The summed E-state index contributed by atoms with van der Waals surface area (Å²) < 4.78 is 27.3. The number of carbonyl (C=O) groups is 2. The Hall–Kier alpha value is -1.50. The van der Waals surface area contributed by atoms with Gasteiger partial charge in [-0.1, -0.05) is 15.9 Å². The molecule has 7 heteroatoms. The third-order valence-electron chi connectivity index (χ3n) is 2.43. The van der Waals surface area contributed by atoms with Crippen molar-refractivity contribution in [1.82, 2.24) is 5.32 Å². The van der Waals surface area contributed by atoms with Crippen LogP contribution in [0.15, 0.2) is 16.6 Å². The highest BCUT2D eigenvalue weighted by molar-refractivity contribution is 9.10. The van der Waals surface area contributed by atoms with Gasteiger partial charge in [-0.15, -0.1) is 0 Å². The van der Waals surface area contributed by atoms with Crippen LogP contribution >= 0.6 is 15.9 Å². The van der Waals surface area contributed by atoms with Gasteiger partial charge in [0.15, 0.2) is 0 Å². The van der Waals surface area contributed by atoms with Gasteiger partial charge in [-0.25, -0.2) is 8.78 Å². The summed E-state index contributed by atoms with van der Waals surface area (Å²) >= 11 is 3.00. The number of hydrogen-bond donors (Lipinski definition) is 2. The van der Waals surface area contributed by atoms with Gasteiger partial charge in [0.25, 0.3) is 6.47 Å². The number of amides is 1. The summed E-state index contributed by atoms with van der Waals surface area (Å²) in [6.45, 7) is 0.0499. The maximum Gasteiger partial charge on any atom is 0.290 e. The number of carboxylic acid groups (broad SMARTS) is 1. The highest BCUT2D eigenvalue weighted by atomic mass is 79.9. The Kier molecular flexibility index (Phi) is 5.21. The lowest BCUT2D eigenvalue weighted by molar-refractivity contribution is -0.123. The quantitative estimate of drug-likeness (QED) is 0.778. The van der Waals surface area contributed by atoms with Gasteiger partial charge in [-0.3, -0.25) is 9.59 Å². The summed E-state index contributed by atoms with van der Waals surface area (Å²) in [5, 5.41) is 9.44. The Labute approximate surface area is 110 Å². The monoisotopic (exact) mass is 321 g/mol. The lowest BCUT2D eigenvalue weighted by Crippen LogP contribution is -2.14. The van der Waals surface area contributed by atoms with Crippen LogP contribution in [0.2, 0.25) is 0 Å². The average molecular weight is 322 g/mol. The second kappa shape index (κ2) is 6.44. The Morgan fingerprint density at radius 3 is 2.28 bits per heavy atom. The molecule has 2 N–H and O–H groups in total. The van der Waals surface area contributed by atoms with Gasteiger partial charge in [-0.05, 0) is 12.1 Å². The van der Waals surface area contributed by atoms with E-state index in [9.17, 15) is 13.6 Å². The van der Waals surface area contributed by atoms with Crippen LogP contribution in [0.5, 0.6) is 0 Å². The molecule has 1 aromatic carbocycles. The van der Waals surface area contributed by atoms with E-state index in [-0.39, 0.29) is 24.4 Å². The van der Waals surface area contributed by atoms with Crippen molar-refractivity contribution in [1.29, 1.82) is 0 Å². The topological polar surface area (TPSA) is 66.4 Å². The Balaban J connectivity index is 0.000000492. The molecule has 18 heavy (non-hydrogen) atoms. The van der Waals surface area contributed by atoms with Crippen LogP contribution in [-0.2, 0) is 9.59 Å². The van der Waals surface area contributed by atoms with Crippen molar-refractivity contribution in [2.75, 3.05) is 6.54 Å². The lowest BCUT2D eigenvalue weighted by Gasteiger charge is -2.10. The molecule has 0 spiro atoms. The van der Waals surface area contributed by atoms with Crippen molar-refractivity contribution in [3.8, 4) is 0 Å². The highest BCUT2D eigenvalue weighted by Crippen LogP contribution is 2.30. The Bertz CT molecular complexity index is 445. The van der Waals surface area contributed by atoms with Crippen LogP contribution in [0.1, 0.15) is 17.9 Å². The molecule has 0 unspecified atom stereocenters. The van der Waals surface area contributed by atoms with Gasteiger partial charge in [0.1, 0.15) is 11.6 Å². The minimum absolute atomic E-state index is 0.00319. The van der Waals surface area contributed by atoms with Gasteiger partial charge >= 0.3 is 0 Å². The van der Waals surface area contributed by atoms with E-state index in [1.165, 1.54) is 12.1 Å². The standard InChI is InChI=1S/C10H8BrF2NO.CH2O2/c11-6-2-7(12)10(8(13)3-6)5-1-9(15)14-4-5;2-1-3/h2-3,5H,1,4H2,(H,14,15);1H,(H,2,3)/t5-;/m0./s1. The molecule has 0 radical (unpaired) electrons. The molecular formula is C11H10BrF2NO3. The van der Waals surface area contributed by atoms with E-state index < -0.39 is 17.6 Å². The minimum Gasteiger partial charge on any atom is -0.483 e. The zero-order valence-electron chi connectivity index (χ0n) is 9.12. The van der Waals surface area contributed by atoms with Crippen LogP contribution in [0.4, 0.5) is 8.78 Å². The van der Waals surface area contributed by atoms with E-state index in [2.05, 4.69) is 21.2 Å². The number of halogens is 3. The zero-order chi connectivity index (χ0) is 13.7. The molecule has 1 amide bonds. The number of carbonyl (C=O) groups excluding carboxylic acids is 1. The summed E-state index contributed by atoms with van der Waals surface area (Å²) in [5.74, 6) is -1.78. The molecule has 0 aromatic heterocycles. The first-order chi connectivity index (χ1) is 8.49. The Morgan fingerprint density at radius 2 is 1.89 bits per heavy atom. The first-order valence-electron chi connectivity index (χ1n) is 4.98. The fourth-order valence-electron chi connectivity index (χ4n) is 1.75. The largest absolute Gasteiger partial charge is 0.483 e. The molecule has 1 heterocycles. The molecule has 1 aromatic rings. The van der Waals surface area contributed by atoms with Gasteiger partial charge in [0.2, 0.25) is 5.91 Å². The average Bonchev–Trinajstić information content (AvgIpc) is 2.64. The molecule has 1 atom stereocenters. The smallest absolute Gasteiger partial charge is 0.290 e. The maximum absolute atomic E-state index is 13.5. The van der Waals surface area contributed by atoms with Gasteiger partial charge in [-0.2, -0.15) is 0 Å². The van der Waals surface area contributed by atoms with E-state index in [0.29, 0.717) is 11.0 Å². The molecule has 0 bridgehead atoms. The zero-order valence-corrected chi connectivity index (χ0v) is 10.7. The summed E-state index contributed by atoms with van der Waals surface area (Å²) in [7, 11) is 0. The molecular weight excluding hydrogens is 312 g/mol. The second-order valence-corrected chi connectivity index (χ2v) is 4.51. The molecule has 2 rings (SSSR count). The van der Waals surface area contributed by atoms with Crippen molar-refractivity contribution in [2.24, 2.45) is 0 Å². The first kappa shape index (κ1) is 14.6. The van der Waals surface area contributed by atoms with Gasteiger partial charge in [0, 0.05) is 28.9 Å². The first-order valence-corrected chi connectivity index (χ1v) is 5.77. The number of benzene rings is 1. The Morgan fingerprint density at radius 1 is 1.39 bits per heavy atom. The predicted octanol–water partition coefficient (Wildman–Crippen LogP) is 2.03. The predicted molar refractivity (Wildman–Crippen MR) is 63.1 cm³/mol. The van der Waals surface area contributed by atoms with Crippen LogP contribution in [-0.4, -0.2) is 24.0 Å². The minimum atomic E-state index is -0.608. The fourth-order valence-corrected chi connectivity index (χ4v) is 2.15. The van der Waals surface area contributed by atoms with E-state index >= 15 is 0 Å². The third kappa shape index (κ3) is 3.49. The van der Waals surface area contributed by atoms with E-state index in [1.54, 1.807) is 0 Å². The van der Waals surface area contributed by atoms with Crippen molar-refractivity contribution in [2.45, 2.75) is 12.3 Å². The normalized spacial score (nSPS) is 17.7. The summed E-state index contributed by atoms with van der Waals surface area (Å²) in [4.78, 5) is 19.3. The van der Waals surface area contributed by atoms with E-state index in [0.717, 1.165) is 0 Å². The van der Waals surface area contributed by atoms with Crippen molar-refractivity contribution in [3.05, 3.63) is 33.8 Å². The molecule has 98 valence electrons. The lowest BCUT2D eigenvalue weighted by atomic mass is 9.97. The van der Waals surface area contributed by atoms with Crippen LogP contribution in [0.25, 0.3) is 0 Å². The second-order valence-electron chi connectivity index (χ2n) is 3.59. The molecule has 1 saturated heterocycles. The molecule has 4 nitrogen and oxygen atoms in total. The highest BCUT2D eigenvalue weighted by Gasteiger charge is 2.28. The molecule has 1 aliphatic heterocycles. The summed E-state index contributed by atoms with van der Waals surface area (Å²) in [6.07, 6.45) is 0.148. The molecule has 1 fully saturated rings. The summed E-state index contributed by atoms with van der Waals surface area (Å²) in [5.41, 5.74) is -0.00319. The number of nitrogens with one attached hydrogen (secondary N) is 1. The van der Waals surface area contributed by atoms with Gasteiger partial charge in [0.05, 0.1) is 0 Å². The molecule has 0 aliphatic carbocycles. The summed E-state index contributed by atoms with van der Waals surface area (Å²) in [6, 6.07) is 2.42. The van der Waals surface area contributed by atoms with Crippen LogP contribution in [0.3, 0.4) is 0 Å². The van der Waals surface area contributed by atoms with Crippen molar-refractivity contribution >= 4 is 28.3 Å². The van der Waals surface area contributed by atoms with Gasteiger partial charge < -0.3 is 10.4 Å². The van der Waals surface area contributed by atoms with Crippen LogP contribution in [0, 0.1) is 11.6 Å². The maximum atomic E-state index is 13.5. The fraction of sp³-hybridized carbons (Fsp3) is 0.273. The van der Waals surface area contributed by atoms with Crippen molar-refractivity contribution in [3.63, 3.8) is 0 Å². The molecule has 1 aliphatic rings. The van der Waals surface area contributed by atoms with Crippen molar-refractivity contribution < 1.29 is 23.5 Å². The number of rotatable bonds is 1. The third-order valence-corrected chi connectivity index (χ3v) is 2.89. The molecule has 0 saturated carbocycles.